The van der Waals surface area contributed by atoms with Gasteiger partial charge in [0.15, 0.2) is 0 Å². The Labute approximate surface area is 160 Å². The molecule has 1 fully saturated rings. The van der Waals surface area contributed by atoms with Gasteiger partial charge >= 0.3 is 6.03 Å². The summed E-state index contributed by atoms with van der Waals surface area (Å²) in [6.45, 7) is 7.99. The molecular formula is C21H26N4O2. The van der Waals surface area contributed by atoms with E-state index in [0.717, 1.165) is 36.6 Å². The lowest BCUT2D eigenvalue weighted by atomic mass is 9.81. The molecule has 0 bridgehead atoms. The second kappa shape index (κ2) is 6.76. The summed E-state index contributed by atoms with van der Waals surface area (Å²) in [6, 6.07) is 10.1. The van der Waals surface area contributed by atoms with Crippen LogP contribution in [0.25, 0.3) is 0 Å². The van der Waals surface area contributed by atoms with Crippen molar-refractivity contribution >= 4 is 17.4 Å². The van der Waals surface area contributed by atoms with Gasteiger partial charge in [-0.25, -0.2) is 4.79 Å². The molecule has 0 aliphatic carbocycles. The molecule has 2 aliphatic rings. The Morgan fingerprint density at radius 2 is 2.00 bits per heavy atom. The lowest BCUT2D eigenvalue weighted by Crippen LogP contribution is -2.60. The fraction of sp³-hybridized carbons (Fsp3) is 0.429. The van der Waals surface area contributed by atoms with E-state index in [-0.39, 0.29) is 11.4 Å². The van der Waals surface area contributed by atoms with E-state index in [1.54, 1.807) is 0 Å². The summed E-state index contributed by atoms with van der Waals surface area (Å²) in [6.07, 6.45) is 3.64. The lowest BCUT2D eigenvalue weighted by molar-refractivity contribution is 0.155. The van der Waals surface area contributed by atoms with E-state index in [4.69, 9.17) is 4.74 Å². The third-order valence-electron chi connectivity index (χ3n) is 5.33. The number of amides is 2. The van der Waals surface area contributed by atoms with Crippen molar-refractivity contribution in [3.8, 4) is 5.75 Å². The molecule has 27 heavy (non-hydrogen) atoms. The van der Waals surface area contributed by atoms with Crippen LogP contribution in [0.15, 0.2) is 42.7 Å². The van der Waals surface area contributed by atoms with Gasteiger partial charge in [-0.1, -0.05) is 13.0 Å². The summed E-state index contributed by atoms with van der Waals surface area (Å²) in [5.41, 5.74) is 3.28. The van der Waals surface area contributed by atoms with Gasteiger partial charge in [-0.3, -0.25) is 9.88 Å². The zero-order valence-corrected chi connectivity index (χ0v) is 16.2. The SMILES string of the molecule is Cc1ccc2c(c1)OCCN2C(=O)N(C)CC1(C)CN(c2ccncc2)C1. The molecule has 1 aromatic carbocycles. The van der Waals surface area contributed by atoms with Crippen LogP contribution in [0.2, 0.25) is 0 Å². The first kappa shape index (κ1) is 17.6. The van der Waals surface area contributed by atoms with E-state index < -0.39 is 0 Å². The van der Waals surface area contributed by atoms with Crippen molar-refractivity contribution in [1.82, 2.24) is 9.88 Å². The normalized spacial score (nSPS) is 17.6. The lowest BCUT2D eigenvalue weighted by Gasteiger charge is -2.51. The summed E-state index contributed by atoms with van der Waals surface area (Å²) in [5.74, 6) is 0.793. The highest BCUT2D eigenvalue weighted by atomic mass is 16.5. The number of pyridine rings is 1. The second-order valence-corrected chi connectivity index (χ2v) is 7.98. The minimum absolute atomic E-state index is 0.0342. The number of rotatable bonds is 3. The zero-order valence-electron chi connectivity index (χ0n) is 16.2. The monoisotopic (exact) mass is 366 g/mol. The first-order valence-electron chi connectivity index (χ1n) is 9.36. The van der Waals surface area contributed by atoms with Gasteiger partial charge in [0.25, 0.3) is 0 Å². The van der Waals surface area contributed by atoms with Crippen molar-refractivity contribution < 1.29 is 9.53 Å². The molecule has 0 N–H and O–H groups in total. The van der Waals surface area contributed by atoms with E-state index >= 15 is 0 Å². The quantitative estimate of drug-likeness (QED) is 0.837. The number of urea groups is 1. The predicted octanol–water partition coefficient (Wildman–Crippen LogP) is 3.17. The van der Waals surface area contributed by atoms with Crippen LogP contribution in [0.1, 0.15) is 12.5 Å². The second-order valence-electron chi connectivity index (χ2n) is 7.98. The number of hydrogen-bond acceptors (Lipinski definition) is 4. The molecule has 0 radical (unpaired) electrons. The van der Waals surface area contributed by atoms with Gasteiger partial charge in [-0.15, -0.1) is 0 Å². The van der Waals surface area contributed by atoms with Crippen molar-refractivity contribution in [2.45, 2.75) is 13.8 Å². The maximum absolute atomic E-state index is 13.1. The standard InChI is InChI=1S/C21H26N4O2/c1-16-4-5-18-19(12-16)27-11-10-25(18)20(26)23(3)13-21(2)14-24(15-21)17-6-8-22-9-7-17/h4-9,12H,10-11,13-15H2,1-3H3. The molecule has 4 rings (SSSR count). The largest absolute Gasteiger partial charge is 0.490 e. The van der Waals surface area contributed by atoms with E-state index in [1.165, 1.54) is 5.69 Å². The molecule has 0 spiro atoms. The number of aryl methyl sites for hydroxylation is 1. The van der Waals surface area contributed by atoms with E-state index in [0.29, 0.717) is 13.2 Å². The van der Waals surface area contributed by atoms with Crippen LogP contribution in [0, 0.1) is 12.3 Å². The van der Waals surface area contributed by atoms with Gasteiger partial charge in [0, 0.05) is 50.2 Å². The first-order valence-corrected chi connectivity index (χ1v) is 9.36. The Kier molecular flexibility index (Phi) is 4.42. The van der Waals surface area contributed by atoms with Gasteiger partial charge in [-0.05, 0) is 36.8 Å². The van der Waals surface area contributed by atoms with Crippen LogP contribution < -0.4 is 14.5 Å². The molecule has 142 valence electrons. The van der Waals surface area contributed by atoms with Gasteiger partial charge in [-0.2, -0.15) is 0 Å². The summed E-state index contributed by atoms with van der Waals surface area (Å²) in [4.78, 5) is 23.2. The predicted molar refractivity (Wildman–Crippen MR) is 107 cm³/mol. The molecule has 0 unspecified atom stereocenters. The topological polar surface area (TPSA) is 48.9 Å². The van der Waals surface area contributed by atoms with Crippen LogP contribution >= 0.6 is 0 Å². The maximum atomic E-state index is 13.1. The van der Waals surface area contributed by atoms with E-state index in [2.05, 4.69) is 16.8 Å². The van der Waals surface area contributed by atoms with Crippen LogP contribution in [0.4, 0.5) is 16.2 Å². The summed E-state index contributed by atoms with van der Waals surface area (Å²) in [5, 5.41) is 0. The Morgan fingerprint density at radius 1 is 1.26 bits per heavy atom. The van der Waals surface area contributed by atoms with Crippen LogP contribution in [-0.2, 0) is 0 Å². The van der Waals surface area contributed by atoms with Crippen LogP contribution in [-0.4, -0.2) is 55.7 Å². The highest BCUT2D eigenvalue weighted by Gasteiger charge is 2.41. The first-order chi connectivity index (χ1) is 13.0. The number of hydrogen-bond donors (Lipinski definition) is 0. The molecule has 6 heteroatoms. The minimum atomic E-state index is 0.0342. The van der Waals surface area contributed by atoms with Crippen LogP contribution in [0.5, 0.6) is 5.75 Å². The number of benzene rings is 1. The molecular weight excluding hydrogens is 340 g/mol. The molecule has 0 atom stereocenters. The number of carbonyl (C=O) groups is 1. The average Bonchev–Trinajstić information content (AvgIpc) is 2.65. The third-order valence-corrected chi connectivity index (χ3v) is 5.33. The molecule has 1 saturated heterocycles. The maximum Gasteiger partial charge on any atom is 0.324 e. The molecule has 2 aromatic rings. The number of carbonyl (C=O) groups excluding carboxylic acids is 1. The van der Waals surface area contributed by atoms with Crippen molar-refractivity contribution in [3.05, 3.63) is 48.3 Å². The Bertz CT molecular complexity index is 833. The van der Waals surface area contributed by atoms with Crippen LogP contribution in [0.3, 0.4) is 0 Å². The number of anilines is 2. The third kappa shape index (κ3) is 3.44. The minimum Gasteiger partial charge on any atom is -0.490 e. The van der Waals surface area contributed by atoms with E-state index in [1.807, 2.05) is 66.5 Å². The Hall–Kier alpha value is -2.76. The van der Waals surface area contributed by atoms with Crippen molar-refractivity contribution in [3.63, 3.8) is 0 Å². The van der Waals surface area contributed by atoms with E-state index in [9.17, 15) is 4.79 Å². The highest BCUT2D eigenvalue weighted by molar-refractivity contribution is 5.94. The molecule has 0 saturated carbocycles. The molecule has 2 amide bonds. The van der Waals surface area contributed by atoms with Crippen molar-refractivity contribution in [1.29, 1.82) is 0 Å². The van der Waals surface area contributed by atoms with Gasteiger partial charge in [0.1, 0.15) is 12.4 Å². The fourth-order valence-electron chi connectivity index (χ4n) is 4.08. The van der Waals surface area contributed by atoms with Gasteiger partial charge < -0.3 is 14.5 Å². The Balaban J connectivity index is 1.41. The summed E-state index contributed by atoms with van der Waals surface area (Å²) in [7, 11) is 1.89. The van der Waals surface area contributed by atoms with Gasteiger partial charge in [0.2, 0.25) is 0 Å². The van der Waals surface area contributed by atoms with Crippen molar-refractivity contribution in [2.75, 3.05) is 49.6 Å². The highest BCUT2D eigenvalue weighted by Crippen LogP contribution is 2.36. The fourth-order valence-corrected chi connectivity index (χ4v) is 4.08. The number of fused-ring (bicyclic) bond motifs is 1. The number of ether oxygens (including phenoxy) is 1. The molecule has 1 aromatic heterocycles. The molecule has 6 nitrogen and oxygen atoms in total. The smallest absolute Gasteiger partial charge is 0.324 e. The zero-order chi connectivity index (χ0) is 19.0. The van der Waals surface area contributed by atoms with Gasteiger partial charge in [0.05, 0.1) is 12.2 Å². The summed E-state index contributed by atoms with van der Waals surface area (Å²) >= 11 is 0. The molecule has 2 aliphatic heterocycles. The van der Waals surface area contributed by atoms with Crippen molar-refractivity contribution in [2.24, 2.45) is 5.41 Å². The molecule has 3 heterocycles. The number of nitrogens with zero attached hydrogens (tertiary/aromatic N) is 4. The average molecular weight is 366 g/mol. The number of aromatic nitrogens is 1. The Morgan fingerprint density at radius 3 is 2.74 bits per heavy atom. The summed E-state index contributed by atoms with van der Waals surface area (Å²) < 4.78 is 5.74.